The highest BCUT2D eigenvalue weighted by Gasteiger charge is 2.18. The van der Waals surface area contributed by atoms with Crippen LogP contribution in [-0.2, 0) is 11.4 Å². The van der Waals surface area contributed by atoms with Crippen LogP contribution in [0.3, 0.4) is 0 Å². The van der Waals surface area contributed by atoms with E-state index in [1.807, 2.05) is 13.8 Å². The Hall–Kier alpha value is -3.40. The summed E-state index contributed by atoms with van der Waals surface area (Å²) in [4.78, 5) is 54.2. The van der Waals surface area contributed by atoms with E-state index in [2.05, 4.69) is 25.6 Å². The molecule has 2 aromatic heterocycles. The molecule has 0 radical (unpaired) electrons. The monoisotopic (exact) mass is 475 g/mol. The molecule has 0 aliphatic heterocycles. The van der Waals surface area contributed by atoms with Gasteiger partial charge in [-0.05, 0) is 24.3 Å². The van der Waals surface area contributed by atoms with E-state index in [0.29, 0.717) is 16.7 Å². The van der Waals surface area contributed by atoms with Gasteiger partial charge < -0.3 is 29.7 Å². The molecule has 0 bridgehead atoms. The fourth-order valence-electron chi connectivity index (χ4n) is 2.52. The van der Waals surface area contributed by atoms with Crippen molar-refractivity contribution < 1.29 is 28.6 Å². The molecular weight excluding hydrogens is 449 g/mol. The first-order valence-corrected chi connectivity index (χ1v) is 11.3. The van der Waals surface area contributed by atoms with Crippen LogP contribution in [0.1, 0.15) is 37.0 Å². The summed E-state index contributed by atoms with van der Waals surface area (Å²) in [5, 5.41) is 5.26. The predicted octanol–water partition coefficient (Wildman–Crippen LogP) is 2.09. The molecule has 2 heterocycles. The molecule has 3 rings (SSSR count). The van der Waals surface area contributed by atoms with E-state index in [-0.39, 0.29) is 42.9 Å². The van der Waals surface area contributed by atoms with E-state index in [9.17, 15) is 9.59 Å². The van der Waals surface area contributed by atoms with E-state index in [0.717, 1.165) is 0 Å². The molecule has 4 N–H and O–H groups in total. The molecular formula is C21H26N5O6P. The molecule has 0 saturated carbocycles. The largest absolute Gasteiger partial charge is 0.469 e. The second kappa shape index (κ2) is 13.2. The van der Waals surface area contributed by atoms with Crippen molar-refractivity contribution in [3.8, 4) is 11.6 Å². The van der Waals surface area contributed by atoms with E-state index in [1.165, 1.54) is 19.2 Å². The van der Waals surface area contributed by atoms with Crippen molar-refractivity contribution >= 4 is 31.5 Å². The Morgan fingerprint density at radius 3 is 2.27 bits per heavy atom. The Morgan fingerprint density at radius 1 is 1.00 bits per heavy atom. The van der Waals surface area contributed by atoms with Gasteiger partial charge in [0, 0.05) is 20.0 Å². The molecule has 1 aromatic carbocycles. The summed E-state index contributed by atoms with van der Waals surface area (Å²) in [5.74, 6) is -0.450. The lowest BCUT2D eigenvalue weighted by atomic mass is 10.3. The third-order valence-electron chi connectivity index (χ3n) is 3.88. The van der Waals surface area contributed by atoms with Gasteiger partial charge in [0.2, 0.25) is 11.8 Å². The van der Waals surface area contributed by atoms with Gasteiger partial charge in [-0.15, -0.1) is 0 Å². The van der Waals surface area contributed by atoms with Crippen LogP contribution in [0.25, 0.3) is 11.0 Å². The quantitative estimate of drug-likeness (QED) is 0.269. The summed E-state index contributed by atoms with van der Waals surface area (Å²) in [6.45, 7) is 5.88. The fraction of sp³-hybridized carbons (Fsp3) is 0.286. The number of amides is 2. The summed E-state index contributed by atoms with van der Waals surface area (Å²) in [7, 11) is -2.53. The van der Waals surface area contributed by atoms with E-state index in [1.54, 1.807) is 30.3 Å². The standard InChI is InChI=1S/C19H20N5O6P.C2H6/c1-12(25)20-8-9-21-18(26)17-19(24-16-5-3-2-4-15(16)23-17)29-11-13-6-7-14(10-22-13)30-31(27)28;1-2/h2-7,10,27-28H,8-9,11H2,1H3,(H,20,25)(H,21,26);1-2H3. The maximum Gasteiger partial charge on any atom is 0.391 e. The molecule has 176 valence electrons. The maximum absolute atomic E-state index is 12.6. The second-order valence-electron chi connectivity index (χ2n) is 6.22. The first-order chi connectivity index (χ1) is 15.9. The predicted molar refractivity (Wildman–Crippen MR) is 122 cm³/mol. The van der Waals surface area contributed by atoms with Crippen LogP contribution in [0.5, 0.6) is 11.6 Å². The molecule has 0 aliphatic carbocycles. The van der Waals surface area contributed by atoms with Crippen molar-refractivity contribution in [3.63, 3.8) is 0 Å². The minimum Gasteiger partial charge on any atom is -0.469 e. The van der Waals surface area contributed by atoms with Gasteiger partial charge in [-0.3, -0.25) is 14.6 Å². The number of carbonyl (C=O) groups is 2. The summed E-state index contributed by atoms with van der Waals surface area (Å²) >= 11 is 0. The highest BCUT2D eigenvalue weighted by Crippen LogP contribution is 2.28. The Bertz CT molecular complexity index is 1060. The molecule has 33 heavy (non-hydrogen) atoms. The summed E-state index contributed by atoms with van der Waals surface area (Å²) in [6, 6.07) is 10.2. The molecule has 12 heteroatoms. The van der Waals surface area contributed by atoms with Crippen molar-refractivity contribution in [2.45, 2.75) is 27.4 Å². The Balaban J connectivity index is 0.00000187. The molecule has 11 nitrogen and oxygen atoms in total. The van der Waals surface area contributed by atoms with Crippen molar-refractivity contribution in [1.82, 2.24) is 25.6 Å². The zero-order chi connectivity index (χ0) is 24.2. The SMILES string of the molecule is CC.CC(=O)NCCNC(=O)c1nc2ccccc2nc1OCc1ccc(OP(O)O)cn1. The lowest BCUT2D eigenvalue weighted by Crippen LogP contribution is -2.34. The van der Waals surface area contributed by atoms with Crippen LogP contribution in [0.2, 0.25) is 0 Å². The van der Waals surface area contributed by atoms with Crippen molar-refractivity contribution in [2.75, 3.05) is 13.1 Å². The van der Waals surface area contributed by atoms with Crippen LogP contribution in [0.15, 0.2) is 42.6 Å². The van der Waals surface area contributed by atoms with E-state index >= 15 is 0 Å². The minimum atomic E-state index is -2.53. The Kier molecular flexibility index (Phi) is 10.4. The van der Waals surface area contributed by atoms with Gasteiger partial charge in [-0.25, -0.2) is 9.97 Å². The Labute approximate surface area is 192 Å². The lowest BCUT2D eigenvalue weighted by molar-refractivity contribution is -0.118. The van der Waals surface area contributed by atoms with Crippen LogP contribution in [0, 0.1) is 0 Å². The van der Waals surface area contributed by atoms with Gasteiger partial charge in [0.15, 0.2) is 5.69 Å². The van der Waals surface area contributed by atoms with Gasteiger partial charge >= 0.3 is 8.60 Å². The number of rotatable bonds is 9. The third kappa shape index (κ3) is 8.23. The summed E-state index contributed by atoms with van der Waals surface area (Å²) in [6.07, 6.45) is 1.32. The molecule has 0 aliphatic rings. The zero-order valence-electron chi connectivity index (χ0n) is 18.5. The number of pyridine rings is 1. The maximum atomic E-state index is 12.6. The molecule has 0 spiro atoms. The highest BCUT2D eigenvalue weighted by atomic mass is 31.2. The fourth-order valence-corrected chi connectivity index (χ4v) is 2.81. The van der Waals surface area contributed by atoms with Crippen molar-refractivity contribution in [3.05, 3.63) is 54.0 Å². The number of nitrogens with zero attached hydrogens (tertiary/aromatic N) is 3. The average Bonchev–Trinajstić information content (AvgIpc) is 2.81. The summed E-state index contributed by atoms with van der Waals surface area (Å²) in [5.41, 5.74) is 1.60. The number of carbonyl (C=O) groups excluding carboxylic acids is 2. The third-order valence-corrected chi connectivity index (χ3v) is 4.25. The smallest absolute Gasteiger partial charge is 0.391 e. The van der Waals surface area contributed by atoms with Crippen LogP contribution < -0.4 is 19.9 Å². The lowest BCUT2D eigenvalue weighted by Gasteiger charge is -2.12. The number of para-hydroxylation sites is 2. The first-order valence-electron chi connectivity index (χ1n) is 10.2. The summed E-state index contributed by atoms with van der Waals surface area (Å²) < 4.78 is 10.5. The van der Waals surface area contributed by atoms with Gasteiger partial charge in [0.1, 0.15) is 12.4 Å². The number of ether oxygens (including phenoxy) is 1. The number of fused-ring (bicyclic) bond motifs is 1. The number of hydrogen-bond acceptors (Lipinski definition) is 9. The molecule has 0 atom stereocenters. The topological polar surface area (TPSA) is 156 Å². The zero-order valence-corrected chi connectivity index (χ0v) is 19.4. The van der Waals surface area contributed by atoms with E-state index in [4.69, 9.17) is 19.0 Å². The Morgan fingerprint density at radius 2 is 1.67 bits per heavy atom. The van der Waals surface area contributed by atoms with Crippen LogP contribution in [0.4, 0.5) is 0 Å². The van der Waals surface area contributed by atoms with Crippen molar-refractivity contribution in [2.24, 2.45) is 0 Å². The molecule has 0 unspecified atom stereocenters. The van der Waals surface area contributed by atoms with E-state index < -0.39 is 14.5 Å². The van der Waals surface area contributed by atoms with Crippen molar-refractivity contribution in [1.29, 1.82) is 0 Å². The van der Waals surface area contributed by atoms with Crippen LogP contribution >= 0.6 is 8.60 Å². The second-order valence-corrected chi connectivity index (χ2v) is 6.91. The molecule has 2 amide bonds. The molecule has 0 saturated heterocycles. The number of benzene rings is 1. The van der Waals surface area contributed by atoms with Gasteiger partial charge in [0.25, 0.3) is 5.91 Å². The average molecular weight is 475 g/mol. The normalized spacial score (nSPS) is 10.2. The first kappa shape index (κ1) is 25.9. The van der Waals surface area contributed by atoms with Gasteiger partial charge in [0.05, 0.1) is 22.9 Å². The molecule has 3 aromatic rings. The molecule has 0 fully saturated rings. The highest BCUT2D eigenvalue weighted by molar-refractivity contribution is 7.39. The van der Waals surface area contributed by atoms with Gasteiger partial charge in [-0.1, -0.05) is 26.0 Å². The number of nitrogens with one attached hydrogen (secondary N) is 2. The van der Waals surface area contributed by atoms with Gasteiger partial charge in [-0.2, -0.15) is 0 Å². The minimum absolute atomic E-state index is 0.00711. The number of aromatic nitrogens is 3. The number of hydrogen-bond donors (Lipinski definition) is 4. The van der Waals surface area contributed by atoms with Crippen LogP contribution in [-0.4, -0.2) is 49.6 Å².